The van der Waals surface area contributed by atoms with Crippen LogP contribution in [-0.2, 0) is 16.1 Å². The summed E-state index contributed by atoms with van der Waals surface area (Å²) in [7, 11) is 1.59. The van der Waals surface area contributed by atoms with Crippen LogP contribution in [0.5, 0.6) is 0 Å². The van der Waals surface area contributed by atoms with Gasteiger partial charge in [-0.15, -0.1) is 0 Å². The van der Waals surface area contributed by atoms with E-state index in [1.54, 1.807) is 7.11 Å². The molecule has 0 saturated heterocycles. The Kier molecular flexibility index (Phi) is 5.35. The highest BCUT2D eigenvalue weighted by Gasteiger charge is 2.34. The van der Waals surface area contributed by atoms with Crippen molar-refractivity contribution in [2.45, 2.75) is 39.3 Å². The van der Waals surface area contributed by atoms with Crippen LogP contribution in [0.3, 0.4) is 0 Å². The van der Waals surface area contributed by atoms with Gasteiger partial charge in [0, 0.05) is 20.2 Å². The molecular formula is C15H23NO2. The highest BCUT2D eigenvalue weighted by Crippen LogP contribution is 2.19. The van der Waals surface area contributed by atoms with E-state index in [1.165, 1.54) is 0 Å². The lowest BCUT2D eigenvalue weighted by molar-refractivity contribution is -0.153. The molecule has 1 amide bonds. The summed E-state index contributed by atoms with van der Waals surface area (Å²) in [6.07, 6.45) is 0.674. The average molecular weight is 249 g/mol. The first-order valence-corrected chi connectivity index (χ1v) is 6.45. The lowest BCUT2D eigenvalue weighted by Crippen LogP contribution is -2.47. The number of nitrogens with zero attached hydrogens (tertiary/aromatic N) is 1. The molecule has 3 nitrogen and oxygen atoms in total. The fourth-order valence-corrected chi connectivity index (χ4v) is 1.85. The van der Waals surface area contributed by atoms with Crippen LogP contribution in [0.25, 0.3) is 0 Å². The van der Waals surface area contributed by atoms with Crippen LogP contribution >= 0.6 is 0 Å². The quantitative estimate of drug-likeness (QED) is 0.776. The van der Waals surface area contributed by atoms with E-state index in [2.05, 4.69) is 0 Å². The summed E-state index contributed by atoms with van der Waals surface area (Å²) in [5, 5.41) is 0. The maximum atomic E-state index is 12.5. The van der Waals surface area contributed by atoms with E-state index in [9.17, 15) is 4.79 Å². The second-order valence-corrected chi connectivity index (χ2v) is 4.59. The summed E-state index contributed by atoms with van der Waals surface area (Å²) in [6.45, 7) is 7.13. The molecule has 100 valence electrons. The first-order chi connectivity index (χ1) is 8.57. The summed E-state index contributed by atoms with van der Waals surface area (Å²) >= 11 is 0. The maximum Gasteiger partial charge on any atom is 0.254 e. The molecule has 0 radical (unpaired) electrons. The molecule has 0 saturated carbocycles. The molecule has 3 heteroatoms. The van der Waals surface area contributed by atoms with Gasteiger partial charge in [-0.25, -0.2) is 0 Å². The maximum absolute atomic E-state index is 12.5. The predicted octanol–water partition coefficient (Wildman–Crippen LogP) is 2.85. The molecule has 0 aliphatic rings. The number of ether oxygens (including phenoxy) is 1. The molecular weight excluding hydrogens is 226 g/mol. The molecule has 0 aromatic heterocycles. The fraction of sp³-hybridized carbons (Fsp3) is 0.533. The van der Waals surface area contributed by atoms with Crippen LogP contribution in [0.15, 0.2) is 30.3 Å². The van der Waals surface area contributed by atoms with Crippen LogP contribution in [0, 0.1) is 0 Å². The molecule has 1 aromatic carbocycles. The summed E-state index contributed by atoms with van der Waals surface area (Å²) in [5.41, 5.74) is 0.424. The van der Waals surface area contributed by atoms with Gasteiger partial charge >= 0.3 is 0 Å². The first-order valence-electron chi connectivity index (χ1n) is 6.45. The Bertz CT molecular complexity index is 371. The number of hydrogen-bond donors (Lipinski definition) is 0. The molecule has 0 heterocycles. The Morgan fingerprint density at radius 2 is 1.89 bits per heavy atom. The first kappa shape index (κ1) is 14.7. The Morgan fingerprint density at radius 3 is 2.33 bits per heavy atom. The second-order valence-electron chi connectivity index (χ2n) is 4.59. The number of methoxy groups -OCH3 is 1. The topological polar surface area (TPSA) is 29.5 Å². The van der Waals surface area contributed by atoms with Gasteiger partial charge in [0.1, 0.15) is 5.60 Å². The van der Waals surface area contributed by atoms with Gasteiger partial charge in [0.2, 0.25) is 0 Å². The van der Waals surface area contributed by atoms with Gasteiger partial charge in [-0.05, 0) is 25.8 Å². The number of amides is 1. The third-order valence-corrected chi connectivity index (χ3v) is 3.46. The lowest BCUT2D eigenvalue weighted by atomic mass is 10.0. The Balaban J connectivity index is 2.81. The Hall–Kier alpha value is -1.35. The van der Waals surface area contributed by atoms with Crippen molar-refractivity contribution in [3.05, 3.63) is 35.9 Å². The molecule has 1 rings (SSSR count). The zero-order chi connectivity index (χ0) is 13.6. The van der Waals surface area contributed by atoms with Gasteiger partial charge in [-0.2, -0.15) is 0 Å². The molecule has 0 aliphatic heterocycles. The second kappa shape index (κ2) is 6.55. The molecule has 18 heavy (non-hydrogen) atoms. The van der Waals surface area contributed by atoms with Crippen LogP contribution in [-0.4, -0.2) is 30.1 Å². The van der Waals surface area contributed by atoms with Crippen LogP contribution in [0.4, 0.5) is 0 Å². The number of carbonyl (C=O) groups is 1. The minimum atomic E-state index is -0.717. The summed E-state index contributed by atoms with van der Waals surface area (Å²) in [4.78, 5) is 14.3. The number of benzene rings is 1. The van der Waals surface area contributed by atoms with Gasteiger partial charge < -0.3 is 9.64 Å². The Morgan fingerprint density at radius 1 is 1.28 bits per heavy atom. The third kappa shape index (κ3) is 3.33. The monoisotopic (exact) mass is 249 g/mol. The van der Waals surface area contributed by atoms with Crippen molar-refractivity contribution in [1.82, 2.24) is 4.90 Å². The van der Waals surface area contributed by atoms with Crippen LogP contribution in [0.2, 0.25) is 0 Å². The zero-order valence-corrected chi connectivity index (χ0v) is 11.8. The SMILES string of the molecule is CCN(Cc1ccccc1)C(=O)C(C)(CC)OC. The lowest BCUT2D eigenvalue weighted by Gasteiger charge is -2.32. The smallest absolute Gasteiger partial charge is 0.254 e. The van der Waals surface area contributed by atoms with Crippen molar-refractivity contribution >= 4 is 5.91 Å². The summed E-state index contributed by atoms with van der Waals surface area (Å²) in [6, 6.07) is 10.0. The van der Waals surface area contributed by atoms with Gasteiger partial charge in [-0.1, -0.05) is 37.3 Å². The van der Waals surface area contributed by atoms with E-state index >= 15 is 0 Å². The van der Waals surface area contributed by atoms with Crippen molar-refractivity contribution in [2.24, 2.45) is 0 Å². The van der Waals surface area contributed by atoms with Crippen molar-refractivity contribution in [3.63, 3.8) is 0 Å². The minimum absolute atomic E-state index is 0.0545. The van der Waals surface area contributed by atoms with E-state index in [0.717, 1.165) is 5.56 Å². The van der Waals surface area contributed by atoms with E-state index in [1.807, 2.05) is 56.0 Å². The van der Waals surface area contributed by atoms with Gasteiger partial charge in [0.15, 0.2) is 0 Å². The average Bonchev–Trinajstić information content (AvgIpc) is 2.44. The molecule has 0 fully saturated rings. The molecule has 0 N–H and O–H groups in total. The molecule has 0 aliphatic carbocycles. The molecule has 1 aromatic rings. The van der Waals surface area contributed by atoms with Gasteiger partial charge in [-0.3, -0.25) is 4.79 Å². The molecule has 0 bridgehead atoms. The molecule has 1 unspecified atom stereocenters. The normalized spacial score (nSPS) is 14.0. The molecule has 0 spiro atoms. The predicted molar refractivity (Wildman–Crippen MR) is 73.2 cm³/mol. The zero-order valence-electron chi connectivity index (χ0n) is 11.8. The minimum Gasteiger partial charge on any atom is -0.369 e. The standard InChI is InChI=1S/C15H23NO2/c1-5-15(3,18-4)14(17)16(6-2)12-13-10-8-7-9-11-13/h7-11H,5-6,12H2,1-4H3. The van der Waals surface area contributed by atoms with Crippen LogP contribution in [0.1, 0.15) is 32.8 Å². The van der Waals surface area contributed by atoms with E-state index < -0.39 is 5.60 Å². The highest BCUT2D eigenvalue weighted by atomic mass is 16.5. The number of rotatable bonds is 6. The Labute approximate surface area is 110 Å². The largest absolute Gasteiger partial charge is 0.369 e. The number of carbonyl (C=O) groups excluding carboxylic acids is 1. The van der Waals surface area contributed by atoms with Crippen molar-refractivity contribution in [2.75, 3.05) is 13.7 Å². The van der Waals surface area contributed by atoms with Crippen molar-refractivity contribution in [3.8, 4) is 0 Å². The van der Waals surface area contributed by atoms with Crippen LogP contribution < -0.4 is 0 Å². The molecule has 1 atom stereocenters. The van der Waals surface area contributed by atoms with E-state index in [-0.39, 0.29) is 5.91 Å². The van der Waals surface area contributed by atoms with E-state index in [0.29, 0.717) is 19.5 Å². The number of hydrogen-bond acceptors (Lipinski definition) is 2. The fourth-order valence-electron chi connectivity index (χ4n) is 1.85. The van der Waals surface area contributed by atoms with Gasteiger partial charge in [0.05, 0.1) is 0 Å². The van der Waals surface area contributed by atoms with E-state index in [4.69, 9.17) is 4.74 Å². The highest BCUT2D eigenvalue weighted by molar-refractivity contribution is 5.84. The van der Waals surface area contributed by atoms with Gasteiger partial charge in [0.25, 0.3) is 5.91 Å². The number of likely N-dealkylation sites (N-methyl/N-ethyl adjacent to an activating group) is 1. The summed E-state index contributed by atoms with van der Waals surface area (Å²) < 4.78 is 5.38. The van der Waals surface area contributed by atoms with Crippen molar-refractivity contribution in [1.29, 1.82) is 0 Å². The third-order valence-electron chi connectivity index (χ3n) is 3.46. The summed E-state index contributed by atoms with van der Waals surface area (Å²) in [5.74, 6) is 0.0545. The van der Waals surface area contributed by atoms with Crippen molar-refractivity contribution < 1.29 is 9.53 Å².